The SMILES string of the molecule is CS(=O)(=O)c1ccc(-c2noc(CCc3nnc(-c4ccccc4)o3)n2)cc1. The van der Waals surface area contributed by atoms with E-state index in [1.165, 1.54) is 12.1 Å². The summed E-state index contributed by atoms with van der Waals surface area (Å²) in [6, 6.07) is 15.9. The first-order valence-corrected chi connectivity index (χ1v) is 10.4. The lowest BCUT2D eigenvalue weighted by Gasteiger charge is -1.98. The highest BCUT2D eigenvalue weighted by Crippen LogP contribution is 2.20. The maximum atomic E-state index is 11.5. The van der Waals surface area contributed by atoms with Crippen LogP contribution in [0.1, 0.15) is 11.8 Å². The number of aromatic nitrogens is 4. The van der Waals surface area contributed by atoms with Crippen molar-refractivity contribution in [2.45, 2.75) is 17.7 Å². The zero-order valence-corrected chi connectivity index (χ0v) is 15.8. The van der Waals surface area contributed by atoms with E-state index in [-0.39, 0.29) is 4.90 Å². The van der Waals surface area contributed by atoms with Crippen molar-refractivity contribution in [3.8, 4) is 22.8 Å². The Morgan fingerprint density at radius 2 is 1.57 bits per heavy atom. The average molecular weight is 396 g/mol. The van der Waals surface area contributed by atoms with Crippen molar-refractivity contribution in [1.82, 2.24) is 20.3 Å². The maximum absolute atomic E-state index is 11.5. The molecule has 0 atom stereocenters. The zero-order valence-electron chi connectivity index (χ0n) is 14.9. The molecule has 0 aliphatic rings. The fraction of sp³-hybridized carbons (Fsp3) is 0.158. The topological polar surface area (TPSA) is 112 Å². The third-order valence-corrected chi connectivity index (χ3v) is 5.18. The van der Waals surface area contributed by atoms with Crippen molar-refractivity contribution in [2.24, 2.45) is 0 Å². The molecule has 2 aromatic heterocycles. The summed E-state index contributed by atoms with van der Waals surface area (Å²) in [6.45, 7) is 0. The highest BCUT2D eigenvalue weighted by molar-refractivity contribution is 7.90. The number of benzene rings is 2. The molecule has 0 fully saturated rings. The first-order valence-electron chi connectivity index (χ1n) is 8.50. The second-order valence-electron chi connectivity index (χ2n) is 6.18. The predicted molar refractivity (Wildman–Crippen MR) is 100.0 cm³/mol. The highest BCUT2D eigenvalue weighted by Gasteiger charge is 2.13. The monoisotopic (exact) mass is 396 g/mol. The Kier molecular flexibility index (Phi) is 4.74. The molecule has 0 aliphatic carbocycles. The van der Waals surface area contributed by atoms with E-state index in [4.69, 9.17) is 8.94 Å². The van der Waals surface area contributed by atoms with E-state index in [0.29, 0.717) is 41.9 Å². The number of hydrogen-bond donors (Lipinski definition) is 0. The number of hydrogen-bond acceptors (Lipinski definition) is 8. The minimum absolute atomic E-state index is 0.241. The van der Waals surface area contributed by atoms with E-state index in [0.717, 1.165) is 11.8 Å². The van der Waals surface area contributed by atoms with Crippen LogP contribution in [0.5, 0.6) is 0 Å². The zero-order chi connectivity index (χ0) is 19.6. The lowest BCUT2D eigenvalue weighted by Crippen LogP contribution is -1.96. The van der Waals surface area contributed by atoms with Gasteiger partial charge in [-0.2, -0.15) is 4.98 Å². The van der Waals surface area contributed by atoms with Crippen LogP contribution in [0.25, 0.3) is 22.8 Å². The first-order chi connectivity index (χ1) is 13.5. The Morgan fingerprint density at radius 3 is 2.29 bits per heavy atom. The Labute approximate surface area is 161 Å². The van der Waals surface area contributed by atoms with Gasteiger partial charge in [0.2, 0.25) is 23.5 Å². The second kappa shape index (κ2) is 7.35. The first kappa shape index (κ1) is 18.1. The van der Waals surface area contributed by atoms with Gasteiger partial charge < -0.3 is 8.94 Å². The van der Waals surface area contributed by atoms with Gasteiger partial charge in [0.05, 0.1) is 4.90 Å². The molecule has 9 heteroatoms. The molecule has 8 nitrogen and oxygen atoms in total. The van der Waals surface area contributed by atoms with E-state index in [1.54, 1.807) is 12.1 Å². The van der Waals surface area contributed by atoms with Crippen LogP contribution in [0, 0.1) is 0 Å². The summed E-state index contributed by atoms with van der Waals surface area (Å²) in [7, 11) is -3.24. The fourth-order valence-electron chi connectivity index (χ4n) is 2.59. The Bertz CT molecular complexity index is 1180. The maximum Gasteiger partial charge on any atom is 0.247 e. The van der Waals surface area contributed by atoms with Crippen LogP contribution in [0.15, 0.2) is 68.4 Å². The van der Waals surface area contributed by atoms with Gasteiger partial charge in [-0.05, 0) is 36.4 Å². The second-order valence-corrected chi connectivity index (χ2v) is 8.19. The number of nitrogens with zero attached hydrogens (tertiary/aromatic N) is 4. The quantitative estimate of drug-likeness (QED) is 0.489. The van der Waals surface area contributed by atoms with Crippen molar-refractivity contribution in [2.75, 3.05) is 6.26 Å². The molecule has 0 saturated heterocycles. The summed E-state index contributed by atoms with van der Waals surface area (Å²) in [6.07, 6.45) is 2.08. The minimum atomic E-state index is -3.24. The lowest BCUT2D eigenvalue weighted by atomic mass is 10.2. The van der Waals surface area contributed by atoms with Crippen LogP contribution in [-0.2, 0) is 22.7 Å². The van der Waals surface area contributed by atoms with Crippen molar-refractivity contribution >= 4 is 9.84 Å². The Balaban J connectivity index is 1.42. The van der Waals surface area contributed by atoms with Crippen molar-refractivity contribution in [3.63, 3.8) is 0 Å². The number of sulfone groups is 1. The van der Waals surface area contributed by atoms with Crippen molar-refractivity contribution < 1.29 is 17.4 Å². The molecular weight excluding hydrogens is 380 g/mol. The van der Waals surface area contributed by atoms with E-state index in [9.17, 15) is 8.42 Å². The van der Waals surface area contributed by atoms with Gasteiger partial charge in [0.1, 0.15) is 0 Å². The summed E-state index contributed by atoms with van der Waals surface area (Å²) in [5.74, 6) is 1.77. The molecule has 4 rings (SSSR count). The largest absolute Gasteiger partial charge is 0.421 e. The molecule has 0 radical (unpaired) electrons. The van der Waals surface area contributed by atoms with Crippen LogP contribution in [-0.4, -0.2) is 35.0 Å². The van der Waals surface area contributed by atoms with Crippen LogP contribution in [0.4, 0.5) is 0 Å². The third-order valence-electron chi connectivity index (χ3n) is 4.05. The molecule has 0 unspecified atom stereocenters. The molecule has 4 aromatic rings. The van der Waals surface area contributed by atoms with Gasteiger partial charge in [0.25, 0.3) is 0 Å². The molecule has 0 saturated carbocycles. The van der Waals surface area contributed by atoms with Crippen LogP contribution < -0.4 is 0 Å². The normalized spacial score (nSPS) is 11.6. The fourth-order valence-corrected chi connectivity index (χ4v) is 3.22. The van der Waals surface area contributed by atoms with Crippen LogP contribution >= 0.6 is 0 Å². The molecule has 0 amide bonds. The van der Waals surface area contributed by atoms with E-state index < -0.39 is 9.84 Å². The third kappa shape index (κ3) is 3.99. The molecular formula is C19H16N4O4S. The molecule has 0 bridgehead atoms. The van der Waals surface area contributed by atoms with Crippen LogP contribution in [0.3, 0.4) is 0 Å². The van der Waals surface area contributed by atoms with Gasteiger partial charge in [-0.3, -0.25) is 0 Å². The summed E-state index contributed by atoms with van der Waals surface area (Å²) in [4.78, 5) is 4.58. The molecule has 2 aromatic carbocycles. The summed E-state index contributed by atoms with van der Waals surface area (Å²) < 4.78 is 34.0. The smallest absolute Gasteiger partial charge is 0.247 e. The standard InChI is InChI=1S/C19H16N4O4S/c1-28(24,25)15-9-7-13(8-10-15)18-20-16(27-23-18)11-12-17-21-22-19(26-17)14-5-3-2-4-6-14/h2-10H,11-12H2,1H3. The Morgan fingerprint density at radius 1 is 0.857 bits per heavy atom. The number of aryl methyl sites for hydroxylation is 2. The molecule has 2 heterocycles. The average Bonchev–Trinajstić information content (AvgIpc) is 3.36. The summed E-state index contributed by atoms with van der Waals surface area (Å²) >= 11 is 0. The van der Waals surface area contributed by atoms with E-state index >= 15 is 0 Å². The van der Waals surface area contributed by atoms with E-state index in [2.05, 4.69) is 20.3 Å². The highest BCUT2D eigenvalue weighted by atomic mass is 32.2. The van der Waals surface area contributed by atoms with E-state index in [1.807, 2.05) is 30.3 Å². The summed E-state index contributed by atoms with van der Waals surface area (Å²) in [5.41, 5.74) is 1.53. The predicted octanol–water partition coefficient (Wildman–Crippen LogP) is 2.98. The van der Waals surface area contributed by atoms with Gasteiger partial charge in [-0.15, -0.1) is 10.2 Å². The van der Waals surface area contributed by atoms with Gasteiger partial charge >= 0.3 is 0 Å². The van der Waals surface area contributed by atoms with Crippen molar-refractivity contribution in [3.05, 3.63) is 66.4 Å². The number of rotatable bonds is 6. The summed E-state index contributed by atoms with van der Waals surface area (Å²) in [5, 5.41) is 12.0. The van der Waals surface area contributed by atoms with Crippen LogP contribution in [0.2, 0.25) is 0 Å². The molecule has 0 N–H and O–H groups in total. The van der Waals surface area contributed by atoms with Crippen molar-refractivity contribution in [1.29, 1.82) is 0 Å². The van der Waals surface area contributed by atoms with Gasteiger partial charge in [0.15, 0.2) is 9.84 Å². The lowest BCUT2D eigenvalue weighted by molar-refractivity contribution is 0.373. The molecule has 0 aliphatic heterocycles. The van der Waals surface area contributed by atoms with Gasteiger partial charge in [-0.25, -0.2) is 8.42 Å². The molecule has 142 valence electrons. The molecule has 28 heavy (non-hydrogen) atoms. The minimum Gasteiger partial charge on any atom is -0.421 e. The molecule has 0 spiro atoms. The Hall–Kier alpha value is -3.33. The van der Waals surface area contributed by atoms with Gasteiger partial charge in [0, 0.05) is 30.2 Å². The van der Waals surface area contributed by atoms with Gasteiger partial charge in [-0.1, -0.05) is 23.4 Å².